The molecular formula is C28H39N5O3S. The van der Waals surface area contributed by atoms with Crippen LogP contribution in [0.4, 0.5) is 5.82 Å². The lowest BCUT2D eigenvalue weighted by molar-refractivity contribution is 0.310. The van der Waals surface area contributed by atoms with Crippen molar-refractivity contribution in [1.82, 2.24) is 19.0 Å². The van der Waals surface area contributed by atoms with E-state index in [1.54, 1.807) is 35.7 Å². The van der Waals surface area contributed by atoms with Gasteiger partial charge in [-0.15, -0.1) is 0 Å². The fourth-order valence-corrected chi connectivity index (χ4v) is 6.01. The molecule has 4 rings (SSSR count). The fourth-order valence-electron chi connectivity index (χ4n) is 4.58. The van der Waals surface area contributed by atoms with Crippen molar-refractivity contribution >= 4 is 15.8 Å². The number of anilines is 1. The Morgan fingerprint density at radius 3 is 2.24 bits per heavy atom. The van der Waals surface area contributed by atoms with Crippen LogP contribution in [0.15, 0.2) is 59.5 Å². The molecule has 0 atom stereocenters. The lowest BCUT2D eigenvalue weighted by Gasteiger charge is -2.35. The molecule has 2 aromatic carbocycles. The van der Waals surface area contributed by atoms with Gasteiger partial charge in [-0.05, 0) is 62.7 Å². The van der Waals surface area contributed by atoms with Crippen LogP contribution in [0.25, 0.3) is 5.69 Å². The summed E-state index contributed by atoms with van der Waals surface area (Å²) in [5.74, 6) is 1.99. The zero-order valence-corrected chi connectivity index (χ0v) is 23.4. The first kappa shape index (κ1) is 27.2. The molecule has 1 aliphatic rings. The van der Waals surface area contributed by atoms with E-state index in [0.29, 0.717) is 18.2 Å². The normalized spacial score (nSPS) is 15.1. The maximum Gasteiger partial charge on any atom is 0.243 e. The van der Waals surface area contributed by atoms with Crippen LogP contribution in [0.2, 0.25) is 0 Å². The quantitative estimate of drug-likeness (QED) is 0.396. The summed E-state index contributed by atoms with van der Waals surface area (Å²) in [7, 11) is -0.0274. The van der Waals surface area contributed by atoms with E-state index in [-0.39, 0.29) is 11.4 Å². The molecule has 2 heterocycles. The topological polar surface area (TPSA) is 70.9 Å². The molecule has 8 nitrogen and oxygen atoms in total. The van der Waals surface area contributed by atoms with Gasteiger partial charge in [0.2, 0.25) is 10.0 Å². The predicted octanol–water partition coefficient (Wildman–Crippen LogP) is 4.18. The number of hydrogen-bond donors (Lipinski definition) is 0. The van der Waals surface area contributed by atoms with Gasteiger partial charge in [-0.3, -0.25) is 0 Å². The molecule has 0 aliphatic carbocycles. The first-order valence-electron chi connectivity index (χ1n) is 12.9. The third-order valence-corrected chi connectivity index (χ3v) is 8.81. The Morgan fingerprint density at radius 1 is 1.00 bits per heavy atom. The Kier molecular flexibility index (Phi) is 8.56. The van der Waals surface area contributed by atoms with Crippen LogP contribution < -0.4 is 9.64 Å². The van der Waals surface area contributed by atoms with Gasteiger partial charge < -0.3 is 14.5 Å². The molecule has 0 bridgehead atoms. The van der Waals surface area contributed by atoms with Crippen LogP contribution in [-0.2, 0) is 16.6 Å². The highest BCUT2D eigenvalue weighted by molar-refractivity contribution is 7.89. The smallest absolute Gasteiger partial charge is 0.243 e. The summed E-state index contributed by atoms with van der Waals surface area (Å²) < 4.78 is 36.7. The minimum atomic E-state index is -3.73. The fraction of sp³-hybridized carbons (Fsp3) is 0.464. The minimum Gasteiger partial charge on any atom is -0.497 e. The SMILES string of the molecule is COc1ccc(S(=O)(=O)N(CCC(C)C)Cc2c(C)nn(-c3ccccc3)c2N2CCN(C)CC2)cc1. The van der Waals surface area contributed by atoms with E-state index in [9.17, 15) is 8.42 Å². The Hall–Kier alpha value is -2.88. The summed E-state index contributed by atoms with van der Waals surface area (Å²) in [6.45, 7) is 10.5. The molecule has 0 amide bonds. The number of aryl methyl sites for hydroxylation is 1. The van der Waals surface area contributed by atoms with Crippen LogP contribution in [0, 0.1) is 12.8 Å². The number of nitrogens with zero attached hydrogens (tertiary/aromatic N) is 5. The van der Waals surface area contributed by atoms with Gasteiger partial charge in [0.05, 0.1) is 23.4 Å². The molecular weight excluding hydrogens is 486 g/mol. The Balaban J connectivity index is 1.77. The van der Waals surface area contributed by atoms with Crippen LogP contribution in [-0.4, -0.2) is 74.3 Å². The molecule has 9 heteroatoms. The van der Waals surface area contributed by atoms with Gasteiger partial charge in [-0.25, -0.2) is 13.1 Å². The standard InChI is InChI=1S/C28H39N5O3S/c1-22(2)15-16-32(37(34,35)26-13-11-25(36-5)12-14-26)21-27-23(3)29-33(24-9-7-6-8-10-24)28(27)31-19-17-30(4)18-20-31/h6-14,22H,15-21H2,1-5H3. The summed E-state index contributed by atoms with van der Waals surface area (Å²) in [4.78, 5) is 4.93. The van der Waals surface area contributed by atoms with E-state index >= 15 is 0 Å². The van der Waals surface area contributed by atoms with Crippen molar-refractivity contribution in [1.29, 1.82) is 0 Å². The van der Waals surface area contributed by atoms with E-state index in [0.717, 1.165) is 55.4 Å². The number of aromatic nitrogens is 2. The first-order valence-corrected chi connectivity index (χ1v) is 14.4. The van der Waals surface area contributed by atoms with Crippen molar-refractivity contribution in [3.63, 3.8) is 0 Å². The number of methoxy groups -OCH3 is 1. The summed E-state index contributed by atoms with van der Waals surface area (Å²) in [6.07, 6.45) is 0.769. The predicted molar refractivity (Wildman–Crippen MR) is 148 cm³/mol. The number of rotatable bonds is 10. The second-order valence-electron chi connectivity index (χ2n) is 10.1. The average Bonchev–Trinajstić information content (AvgIpc) is 3.23. The van der Waals surface area contributed by atoms with Crippen molar-refractivity contribution in [3.8, 4) is 11.4 Å². The monoisotopic (exact) mass is 525 g/mol. The summed E-state index contributed by atoms with van der Waals surface area (Å²) in [5, 5.41) is 4.92. The molecule has 0 radical (unpaired) electrons. The van der Waals surface area contributed by atoms with E-state index in [2.05, 4.69) is 30.7 Å². The molecule has 1 saturated heterocycles. The molecule has 0 unspecified atom stereocenters. The zero-order valence-electron chi connectivity index (χ0n) is 22.6. The van der Waals surface area contributed by atoms with Crippen molar-refractivity contribution < 1.29 is 13.2 Å². The third-order valence-electron chi connectivity index (χ3n) is 6.95. The Labute approximate surface area is 221 Å². The lowest BCUT2D eigenvalue weighted by Crippen LogP contribution is -2.45. The van der Waals surface area contributed by atoms with E-state index in [1.807, 2.05) is 41.9 Å². The van der Waals surface area contributed by atoms with Crippen LogP contribution in [0.3, 0.4) is 0 Å². The van der Waals surface area contributed by atoms with E-state index < -0.39 is 10.0 Å². The number of ether oxygens (including phenoxy) is 1. The van der Waals surface area contributed by atoms with Gasteiger partial charge in [-0.1, -0.05) is 32.0 Å². The number of sulfonamides is 1. The number of para-hydroxylation sites is 1. The second-order valence-corrected chi connectivity index (χ2v) is 12.1. The molecule has 0 saturated carbocycles. The lowest BCUT2D eigenvalue weighted by atomic mass is 10.1. The molecule has 0 N–H and O–H groups in total. The Bertz CT molecular complexity index is 1270. The number of likely N-dealkylation sites (N-methyl/N-ethyl adjacent to an activating group) is 1. The molecule has 200 valence electrons. The average molecular weight is 526 g/mol. The van der Waals surface area contributed by atoms with Gasteiger partial charge in [0.25, 0.3) is 0 Å². The third kappa shape index (κ3) is 6.17. The van der Waals surface area contributed by atoms with Gasteiger partial charge in [0.15, 0.2) is 0 Å². The van der Waals surface area contributed by atoms with Crippen molar-refractivity contribution in [2.24, 2.45) is 5.92 Å². The van der Waals surface area contributed by atoms with Crippen molar-refractivity contribution in [3.05, 3.63) is 65.9 Å². The zero-order chi connectivity index (χ0) is 26.6. The molecule has 1 aliphatic heterocycles. The number of piperazine rings is 1. The van der Waals surface area contributed by atoms with Crippen molar-refractivity contribution in [2.45, 2.75) is 38.6 Å². The summed E-state index contributed by atoms with van der Waals surface area (Å²) in [5.41, 5.74) is 2.77. The van der Waals surface area contributed by atoms with Gasteiger partial charge in [0.1, 0.15) is 11.6 Å². The number of benzene rings is 2. The summed E-state index contributed by atoms with van der Waals surface area (Å²) >= 11 is 0. The number of hydrogen-bond acceptors (Lipinski definition) is 6. The Morgan fingerprint density at radius 2 is 1.65 bits per heavy atom. The van der Waals surface area contributed by atoms with Gasteiger partial charge >= 0.3 is 0 Å². The van der Waals surface area contributed by atoms with E-state index in [4.69, 9.17) is 9.84 Å². The molecule has 0 spiro atoms. The second kappa shape index (κ2) is 11.7. The maximum absolute atomic E-state index is 13.9. The maximum atomic E-state index is 13.9. The van der Waals surface area contributed by atoms with Crippen LogP contribution in [0.5, 0.6) is 5.75 Å². The first-order chi connectivity index (χ1) is 17.7. The molecule has 3 aromatic rings. The van der Waals surface area contributed by atoms with E-state index in [1.165, 1.54) is 0 Å². The highest BCUT2D eigenvalue weighted by Gasteiger charge is 2.30. The molecule has 37 heavy (non-hydrogen) atoms. The molecule has 1 fully saturated rings. The van der Waals surface area contributed by atoms with Crippen molar-refractivity contribution in [2.75, 3.05) is 51.8 Å². The molecule has 1 aromatic heterocycles. The largest absolute Gasteiger partial charge is 0.497 e. The van der Waals surface area contributed by atoms with Crippen LogP contribution in [0.1, 0.15) is 31.5 Å². The van der Waals surface area contributed by atoms with Gasteiger partial charge in [0, 0.05) is 44.8 Å². The minimum absolute atomic E-state index is 0.265. The highest BCUT2D eigenvalue weighted by atomic mass is 32.2. The highest BCUT2D eigenvalue weighted by Crippen LogP contribution is 2.31. The summed E-state index contributed by atoms with van der Waals surface area (Å²) in [6, 6.07) is 16.7. The van der Waals surface area contributed by atoms with Crippen LogP contribution >= 0.6 is 0 Å². The van der Waals surface area contributed by atoms with Gasteiger partial charge in [-0.2, -0.15) is 9.40 Å².